The quantitative estimate of drug-likeness (QED) is 0.775. The van der Waals surface area contributed by atoms with Crippen LogP contribution in [0.15, 0.2) is 18.5 Å². The Kier molecular flexibility index (Phi) is 1.95. The number of hydrogen-bond acceptors (Lipinski definition) is 2. The Bertz CT molecular complexity index is 477. The number of primary amides is 1. The molecule has 4 nitrogen and oxygen atoms in total. The van der Waals surface area contributed by atoms with E-state index < -0.39 is 5.91 Å². The monoisotopic (exact) mass is 287 g/mol. The Morgan fingerprint density at radius 2 is 2.31 bits per heavy atom. The van der Waals surface area contributed by atoms with E-state index in [9.17, 15) is 4.79 Å². The van der Waals surface area contributed by atoms with Gasteiger partial charge in [0.15, 0.2) is 0 Å². The normalized spacial score (nSPS) is 10.5. The number of H-pyrrole nitrogens is 1. The second kappa shape index (κ2) is 2.99. The molecule has 0 aliphatic carbocycles. The third-order valence-corrected chi connectivity index (χ3v) is 2.38. The van der Waals surface area contributed by atoms with E-state index in [0.717, 1.165) is 9.09 Å². The number of rotatable bonds is 1. The van der Waals surface area contributed by atoms with Crippen molar-refractivity contribution in [2.45, 2.75) is 0 Å². The van der Waals surface area contributed by atoms with Crippen LogP contribution < -0.4 is 5.73 Å². The van der Waals surface area contributed by atoms with E-state index in [4.69, 9.17) is 5.73 Å². The summed E-state index contributed by atoms with van der Waals surface area (Å²) >= 11 is 2.13. The van der Waals surface area contributed by atoms with Crippen LogP contribution >= 0.6 is 22.6 Å². The summed E-state index contributed by atoms with van der Waals surface area (Å²) in [7, 11) is 0. The third-order valence-electron chi connectivity index (χ3n) is 1.75. The molecule has 3 N–H and O–H groups in total. The molecule has 0 fully saturated rings. The zero-order valence-electron chi connectivity index (χ0n) is 6.54. The number of nitrogens with two attached hydrogens (primary N) is 1. The van der Waals surface area contributed by atoms with E-state index in [0.29, 0.717) is 11.1 Å². The fourth-order valence-electron chi connectivity index (χ4n) is 1.20. The average Bonchev–Trinajstić information content (AvgIpc) is 2.49. The van der Waals surface area contributed by atoms with Crippen molar-refractivity contribution in [1.29, 1.82) is 0 Å². The summed E-state index contributed by atoms with van der Waals surface area (Å²) in [4.78, 5) is 18.0. The van der Waals surface area contributed by atoms with Gasteiger partial charge in [0.2, 0.25) is 0 Å². The molecule has 2 rings (SSSR count). The minimum absolute atomic E-state index is 0.449. The highest BCUT2D eigenvalue weighted by atomic mass is 127. The molecule has 66 valence electrons. The van der Waals surface area contributed by atoms with Crippen molar-refractivity contribution in [3.8, 4) is 0 Å². The van der Waals surface area contributed by atoms with E-state index in [1.54, 1.807) is 12.4 Å². The lowest BCUT2D eigenvalue weighted by molar-refractivity contribution is 0.100. The van der Waals surface area contributed by atoms with Gasteiger partial charge in [0.05, 0.1) is 17.4 Å². The number of imidazole rings is 1. The Morgan fingerprint density at radius 3 is 3.00 bits per heavy atom. The molecule has 0 saturated carbocycles. The predicted molar refractivity (Wildman–Crippen MR) is 57.3 cm³/mol. The molecule has 2 aromatic rings. The second-order valence-corrected chi connectivity index (χ2v) is 3.86. The molecule has 0 unspecified atom stereocenters. The van der Waals surface area contributed by atoms with Gasteiger partial charge in [-0.3, -0.25) is 4.79 Å². The van der Waals surface area contributed by atoms with E-state index in [1.165, 1.54) is 0 Å². The van der Waals surface area contributed by atoms with Crippen LogP contribution in [0.2, 0.25) is 0 Å². The highest BCUT2D eigenvalue weighted by Crippen LogP contribution is 2.18. The zero-order valence-corrected chi connectivity index (χ0v) is 8.70. The lowest BCUT2D eigenvalue weighted by atomic mass is 10.2. The first kappa shape index (κ1) is 8.49. The maximum atomic E-state index is 11.0. The summed E-state index contributed by atoms with van der Waals surface area (Å²) in [5.41, 5.74) is 7.14. The molecule has 0 aliphatic rings. The summed E-state index contributed by atoms with van der Waals surface area (Å²) in [5, 5.41) is 0. The van der Waals surface area contributed by atoms with Gasteiger partial charge in [-0.2, -0.15) is 0 Å². The fourth-order valence-corrected chi connectivity index (χ4v) is 1.83. The smallest absolute Gasteiger partial charge is 0.251 e. The largest absolute Gasteiger partial charge is 0.366 e. The zero-order chi connectivity index (χ0) is 9.42. The molecule has 0 spiro atoms. The van der Waals surface area contributed by atoms with Gasteiger partial charge in [-0.15, -0.1) is 0 Å². The number of hydrogen-bond donors (Lipinski definition) is 2. The number of benzene rings is 1. The van der Waals surface area contributed by atoms with E-state index in [2.05, 4.69) is 32.6 Å². The predicted octanol–water partition coefficient (Wildman–Crippen LogP) is 1.27. The Morgan fingerprint density at radius 1 is 1.54 bits per heavy atom. The van der Waals surface area contributed by atoms with E-state index in [-0.39, 0.29) is 0 Å². The van der Waals surface area contributed by atoms with E-state index >= 15 is 0 Å². The van der Waals surface area contributed by atoms with Crippen LogP contribution in [0, 0.1) is 3.57 Å². The Hall–Kier alpha value is -1.11. The summed E-state index contributed by atoms with van der Waals surface area (Å²) in [5.74, 6) is -0.449. The number of aromatic nitrogens is 2. The van der Waals surface area contributed by atoms with Crippen molar-refractivity contribution < 1.29 is 4.79 Å². The Labute approximate surface area is 87.7 Å². The number of fused-ring (bicyclic) bond motifs is 1. The first-order valence-corrected chi connectivity index (χ1v) is 4.69. The van der Waals surface area contributed by atoms with Crippen molar-refractivity contribution in [3.63, 3.8) is 0 Å². The summed E-state index contributed by atoms with van der Waals surface area (Å²) in [6.45, 7) is 0. The van der Waals surface area contributed by atoms with Crippen LogP contribution in [0.5, 0.6) is 0 Å². The topological polar surface area (TPSA) is 71.8 Å². The number of amides is 1. The maximum absolute atomic E-state index is 11.0. The van der Waals surface area contributed by atoms with Crippen molar-refractivity contribution in [2.75, 3.05) is 0 Å². The number of carbonyl (C=O) groups is 1. The van der Waals surface area contributed by atoms with Crippen LogP contribution in [-0.2, 0) is 0 Å². The van der Waals surface area contributed by atoms with Crippen molar-refractivity contribution >= 4 is 39.5 Å². The molecule has 13 heavy (non-hydrogen) atoms. The molecule has 0 saturated heterocycles. The first-order valence-electron chi connectivity index (χ1n) is 3.61. The molecule has 1 amide bonds. The van der Waals surface area contributed by atoms with Gasteiger partial charge in [-0.1, -0.05) is 0 Å². The van der Waals surface area contributed by atoms with Gasteiger partial charge in [0.25, 0.3) is 5.91 Å². The average molecular weight is 287 g/mol. The molecule has 5 heteroatoms. The number of nitrogens with zero attached hydrogens (tertiary/aromatic N) is 1. The molecule has 0 bridgehead atoms. The number of aromatic amines is 1. The van der Waals surface area contributed by atoms with Crippen LogP contribution in [0.25, 0.3) is 11.0 Å². The van der Waals surface area contributed by atoms with Crippen molar-refractivity contribution in [3.05, 3.63) is 27.6 Å². The lowest BCUT2D eigenvalue weighted by Crippen LogP contribution is -2.11. The Balaban J connectivity index is 2.84. The molecule has 1 aromatic heterocycles. The molecule has 0 aliphatic heterocycles. The molecule has 0 atom stereocenters. The number of halogens is 1. The van der Waals surface area contributed by atoms with Crippen LogP contribution in [-0.4, -0.2) is 15.9 Å². The SMILES string of the molecule is NC(=O)c1cc(I)cc2[nH]cnc12. The number of nitrogens with one attached hydrogen (secondary N) is 1. The van der Waals surface area contributed by atoms with Gasteiger partial charge in [-0.25, -0.2) is 4.98 Å². The molecular formula is C8H6IN3O. The van der Waals surface area contributed by atoms with Gasteiger partial charge in [0.1, 0.15) is 5.52 Å². The first-order chi connectivity index (χ1) is 6.18. The molecule has 1 aromatic carbocycles. The summed E-state index contributed by atoms with van der Waals surface area (Å²) < 4.78 is 0.961. The van der Waals surface area contributed by atoms with Gasteiger partial charge < -0.3 is 10.7 Å². The minimum atomic E-state index is -0.449. The van der Waals surface area contributed by atoms with Crippen LogP contribution in [0.3, 0.4) is 0 Å². The minimum Gasteiger partial charge on any atom is -0.366 e. The molecular weight excluding hydrogens is 281 g/mol. The molecule has 1 heterocycles. The standard InChI is InChI=1S/C8H6IN3O/c9-4-1-5(8(10)13)7-6(2-4)11-3-12-7/h1-3H,(H2,10,13)(H,11,12). The van der Waals surface area contributed by atoms with Gasteiger partial charge in [-0.05, 0) is 34.7 Å². The molecule has 0 radical (unpaired) electrons. The van der Waals surface area contributed by atoms with E-state index in [1.807, 2.05) is 6.07 Å². The van der Waals surface area contributed by atoms with Crippen LogP contribution in [0.1, 0.15) is 10.4 Å². The third kappa shape index (κ3) is 1.39. The van der Waals surface area contributed by atoms with Crippen LogP contribution in [0.4, 0.5) is 0 Å². The summed E-state index contributed by atoms with van der Waals surface area (Å²) in [6, 6.07) is 3.64. The van der Waals surface area contributed by atoms with Gasteiger partial charge in [0, 0.05) is 3.57 Å². The van der Waals surface area contributed by atoms with Gasteiger partial charge >= 0.3 is 0 Å². The summed E-state index contributed by atoms with van der Waals surface area (Å²) in [6.07, 6.45) is 1.55. The van der Waals surface area contributed by atoms with Crippen molar-refractivity contribution in [1.82, 2.24) is 9.97 Å². The maximum Gasteiger partial charge on any atom is 0.251 e. The highest BCUT2D eigenvalue weighted by molar-refractivity contribution is 14.1. The lowest BCUT2D eigenvalue weighted by Gasteiger charge is -1.97. The number of carbonyl (C=O) groups excluding carboxylic acids is 1. The second-order valence-electron chi connectivity index (χ2n) is 2.62. The fraction of sp³-hybridized carbons (Fsp3) is 0. The van der Waals surface area contributed by atoms with Crippen molar-refractivity contribution in [2.24, 2.45) is 5.73 Å². The highest BCUT2D eigenvalue weighted by Gasteiger charge is 2.09.